The van der Waals surface area contributed by atoms with Crippen LogP contribution >= 0.6 is 0 Å². The van der Waals surface area contributed by atoms with Crippen LogP contribution in [0.3, 0.4) is 0 Å². The van der Waals surface area contributed by atoms with Crippen LogP contribution in [0.4, 0.5) is 0 Å². The fourth-order valence-electron chi connectivity index (χ4n) is 0.757. The Labute approximate surface area is 85.2 Å². The van der Waals surface area contributed by atoms with E-state index in [4.69, 9.17) is 5.11 Å². The van der Waals surface area contributed by atoms with E-state index in [1.807, 2.05) is 7.05 Å². The monoisotopic (exact) mass is 210 g/mol. The summed E-state index contributed by atoms with van der Waals surface area (Å²) in [4.78, 5) is 17.3. The molecule has 0 aromatic carbocycles. The van der Waals surface area contributed by atoms with Crippen molar-refractivity contribution < 1.29 is 9.90 Å². The third kappa shape index (κ3) is 3.18. The average molecular weight is 210 g/mol. The summed E-state index contributed by atoms with van der Waals surface area (Å²) in [5, 5.41) is 15.6. The van der Waals surface area contributed by atoms with Crippen LogP contribution in [0.1, 0.15) is 10.6 Å². The van der Waals surface area contributed by atoms with Crippen LogP contribution in [0.2, 0.25) is 0 Å². The number of carboxylic acids is 1. The van der Waals surface area contributed by atoms with Crippen molar-refractivity contribution in [3.63, 3.8) is 0 Å². The van der Waals surface area contributed by atoms with Crippen LogP contribution in [0.25, 0.3) is 0 Å². The Bertz CT molecular complexity index is 420. The maximum Gasteiger partial charge on any atom is 0.373 e. The van der Waals surface area contributed by atoms with Gasteiger partial charge >= 0.3 is 5.97 Å². The molecule has 0 aliphatic heterocycles. The van der Waals surface area contributed by atoms with Crippen LogP contribution in [0, 0.1) is 0 Å². The largest absolute Gasteiger partial charge is 0.475 e. The van der Waals surface area contributed by atoms with E-state index in [1.54, 1.807) is 11.0 Å². The molecule has 2 rings (SSSR count). The Morgan fingerprint density at radius 3 is 2.27 bits per heavy atom. The summed E-state index contributed by atoms with van der Waals surface area (Å²) in [6.45, 7) is 0. The molecule has 1 N–H and O–H groups in total. The first-order valence-corrected chi connectivity index (χ1v) is 3.97. The molecular weight excluding hydrogens is 200 g/mol. The molecule has 0 saturated heterocycles. The lowest BCUT2D eigenvalue weighted by Crippen LogP contribution is -2.06. The molecule has 0 bridgehead atoms. The highest BCUT2D eigenvalue weighted by Crippen LogP contribution is 1.87. The first-order valence-electron chi connectivity index (χ1n) is 3.97. The SMILES string of the molecule is Cn1cncn1.Cn1ncnc1C(=O)O. The standard InChI is InChI=1S/C4H5N3O2.C3H5N3/c1-7-3(4(8)9)5-2-6-7;1-6-3-4-2-5-6/h2H,1H3,(H,8,9);2-3H,1H3. The Kier molecular flexibility index (Phi) is 3.49. The van der Waals surface area contributed by atoms with Crippen LogP contribution in [-0.4, -0.2) is 40.6 Å². The van der Waals surface area contributed by atoms with Gasteiger partial charge in [0.05, 0.1) is 0 Å². The average Bonchev–Trinajstić information content (AvgIpc) is 2.77. The molecular formula is C7H10N6O2. The highest BCUT2D eigenvalue weighted by atomic mass is 16.4. The van der Waals surface area contributed by atoms with Gasteiger partial charge in [-0.25, -0.2) is 19.4 Å². The van der Waals surface area contributed by atoms with Gasteiger partial charge < -0.3 is 5.11 Å². The molecule has 8 nitrogen and oxygen atoms in total. The second-order valence-electron chi connectivity index (χ2n) is 2.58. The van der Waals surface area contributed by atoms with Crippen LogP contribution in [0.5, 0.6) is 0 Å². The molecule has 0 unspecified atom stereocenters. The highest BCUT2D eigenvalue weighted by Gasteiger charge is 2.07. The summed E-state index contributed by atoms with van der Waals surface area (Å²) >= 11 is 0. The molecule has 80 valence electrons. The maximum atomic E-state index is 10.2. The summed E-state index contributed by atoms with van der Waals surface area (Å²) in [6.07, 6.45) is 4.34. The molecule has 0 aliphatic carbocycles. The van der Waals surface area contributed by atoms with Gasteiger partial charge in [0.2, 0.25) is 5.82 Å². The first-order chi connectivity index (χ1) is 7.11. The van der Waals surface area contributed by atoms with Crippen LogP contribution in [0.15, 0.2) is 19.0 Å². The van der Waals surface area contributed by atoms with Gasteiger partial charge in [-0.1, -0.05) is 0 Å². The Hall–Kier alpha value is -2.25. The predicted molar refractivity (Wildman–Crippen MR) is 49.0 cm³/mol. The second-order valence-corrected chi connectivity index (χ2v) is 2.58. The Balaban J connectivity index is 0.000000162. The zero-order valence-corrected chi connectivity index (χ0v) is 8.27. The summed E-state index contributed by atoms with van der Waals surface area (Å²) in [5.74, 6) is -1.11. The quantitative estimate of drug-likeness (QED) is 0.670. The molecule has 0 saturated carbocycles. The molecule has 8 heteroatoms. The fourth-order valence-corrected chi connectivity index (χ4v) is 0.757. The number of aromatic carboxylic acids is 1. The highest BCUT2D eigenvalue weighted by molar-refractivity contribution is 5.83. The van der Waals surface area contributed by atoms with Crippen molar-refractivity contribution in [1.29, 1.82) is 0 Å². The van der Waals surface area contributed by atoms with Crippen LogP contribution < -0.4 is 0 Å². The van der Waals surface area contributed by atoms with E-state index in [0.29, 0.717) is 0 Å². The third-order valence-electron chi connectivity index (χ3n) is 1.44. The van der Waals surface area contributed by atoms with E-state index in [2.05, 4.69) is 20.2 Å². The van der Waals surface area contributed by atoms with Crippen molar-refractivity contribution in [3.05, 3.63) is 24.8 Å². The van der Waals surface area contributed by atoms with Crippen molar-refractivity contribution in [3.8, 4) is 0 Å². The molecule has 2 heterocycles. The normalized spacial score (nSPS) is 9.20. The number of hydrogen-bond donors (Lipinski definition) is 1. The number of aryl methyl sites for hydroxylation is 2. The van der Waals surface area contributed by atoms with Crippen molar-refractivity contribution in [1.82, 2.24) is 29.5 Å². The van der Waals surface area contributed by atoms with E-state index in [0.717, 1.165) is 0 Å². The first kappa shape index (κ1) is 10.8. The minimum absolute atomic E-state index is 0.0463. The minimum Gasteiger partial charge on any atom is -0.475 e. The molecule has 0 atom stereocenters. The Morgan fingerprint density at radius 2 is 2.07 bits per heavy atom. The van der Waals surface area contributed by atoms with Crippen LogP contribution in [-0.2, 0) is 14.1 Å². The van der Waals surface area contributed by atoms with Gasteiger partial charge in [-0.15, -0.1) is 0 Å². The molecule has 0 aliphatic rings. The number of hydrogen-bond acceptors (Lipinski definition) is 5. The van der Waals surface area contributed by atoms with Gasteiger partial charge in [-0.2, -0.15) is 10.2 Å². The number of carbonyl (C=O) groups is 1. The molecule has 0 amide bonds. The van der Waals surface area contributed by atoms with Crippen molar-refractivity contribution in [2.24, 2.45) is 14.1 Å². The zero-order valence-electron chi connectivity index (χ0n) is 8.27. The van der Waals surface area contributed by atoms with E-state index in [-0.39, 0.29) is 5.82 Å². The van der Waals surface area contributed by atoms with E-state index in [9.17, 15) is 4.79 Å². The van der Waals surface area contributed by atoms with Crippen molar-refractivity contribution >= 4 is 5.97 Å². The van der Waals surface area contributed by atoms with Crippen molar-refractivity contribution in [2.45, 2.75) is 0 Å². The summed E-state index contributed by atoms with van der Waals surface area (Å²) < 4.78 is 2.84. The number of carboxylic acid groups (broad SMARTS) is 1. The molecule has 0 spiro atoms. The minimum atomic E-state index is -1.06. The smallest absolute Gasteiger partial charge is 0.373 e. The molecule has 15 heavy (non-hydrogen) atoms. The lowest BCUT2D eigenvalue weighted by atomic mass is 10.6. The van der Waals surface area contributed by atoms with Gasteiger partial charge in [0.1, 0.15) is 19.0 Å². The number of aromatic nitrogens is 6. The summed E-state index contributed by atoms with van der Waals surface area (Å²) in [7, 11) is 3.35. The predicted octanol–water partition coefficient (Wildman–Crippen LogP) is -0.672. The van der Waals surface area contributed by atoms with E-state index in [1.165, 1.54) is 24.4 Å². The molecule has 2 aromatic rings. The zero-order chi connectivity index (χ0) is 11.3. The van der Waals surface area contributed by atoms with E-state index < -0.39 is 5.97 Å². The van der Waals surface area contributed by atoms with Gasteiger partial charge in [-0.05, 0) is 0 Å². The lowest BCUT2D eigenvalue weighted by Gasteiger charge is -1.88. The third-order valence-corrected chi connectivity index (χ3v) is 1.44. The number of nitrogens with zero attached hydrogens (tertiary/aromatic N) is 6. The number of rotatable bonds is 1. The van der Waals surface area contributed by atoms with E-state index >= 15 is 0 Å². The topological polar surface area (TPSA) is 98.7 Å². The summed E-state index contributed by atoms with van der Waals surface area (Å²) in [5.41, 5.74) is 0. The van der Waals surface area contributed by atoms with Gasteiger partial charge in [0.15, 0.2) is 0 Å². The fraction of sp³-hybridized carbons (Fsp3) is 0.286. The van der Waals surface area contributed by atoms with Gasteiger partial charge in [0.25, 0.3) is 0 Å². The van der Waals surface area contributed by atoms with Crippen molar-refractivity contribution in [2.75, 3.05) is 0 Å². The Morgan fingerprint density at radius 1 is 1.33 bits per heavy atom. The second kappa shape index (κ2) is 4.84. The summed E-state index contributed by atoms with van der Waals surface area (Å²) in [6, 6.07) is 0. The lowest BCUT2D eigenvalue weighted by molar-refractivity contribution is 0.0678. The molecule has 0 radical (unpaired) electrons. The molecule has 2 aromatic heterocycles. The van der Waals surface area contributed by atoms with Gasteiger partial charge in [0, 0.05) is 14.1 Å². The van der Waals surface area contributed by atoms with Gasteiger partial charge in [-0.3, -0.25) is 4.68 Å². The maximum absolute atomic E-state index is 10.2. The molecule has 0 fully saturated rings.